The van der Waals surface area contributed by atoms with Gasteiger partial charge in [0.15, 0.2) is 11.0 Å². The van der Waals surface area contributed by atoms with Crippen molar-refractivity contribution in [1.29, 1.82) is 0 Å². The third kappa shape index (κ3) is 4.51. The van der Waals surface area contributed by atoms with Gasteiger partial charge in [0.05, 0.1) is 5.75 Å². The summed E-state index contributed by atoms with van der Waals surface area (Å²) in [5, 5.41) is 12.8. The first kappa shape index (κ1) is 19.5. The topological polar surface area (TPSA) is 59.8 Å². The molecule has 0 fully saturated rings. The summed E-state index contributed by atoms with van der Waals surface area (Å²) in [4.78, 5) is 12.4. The van der Waals surface area contributed by atoms with Gasteiger partial charge in [-0.15, -0.1) is 10.2 Å². The number of hydrogen-bond donors (Lipinski definition) is 1. The SMILES string of the molecule is Cc1cc(C)c(NC(=O)CSc2nnc(-c3cccc(Cl)c3)n2C)c(C)c1. The van der Waals surface area contributed by atoms with Crippen molar-refractivity contribution in [2.24, 2.45) is 7.05 Å². The molecule has 0 aliphatic rings. The van der Waals surface area contributed by atoms with Gasteiger partial charge in [-0.3, -0.25) is 4.79 Å². The van der Waals surface area contributed by atoms with E-state index in [1.807, 2.05) is 56.7 Å². The highest BCUT2D eigenvalue weighted by molar-refractivity contribution is 7.99. The van der Waals surface area contributed by atoms with Gasteiger partial charge in [0.1, 0.15) is 0 Å². The average Bonchev–Trinajstić information content (AvgIpc) is 2.97. The summed E-state index contributed by atoms with van der Waals surface area (Å²) in [7, 11) is 1.88. The molecule has 0 bridgehead atoms. The molecule has 27 heavy (non-hydrogen) atoms. The van der Waals surface area contributed by atoms with Gasteiger partial charge in [-0.1, -0.05) is 53.2 Å². The Hall–Kier alpha value is -2.31. The van der Waals surface area contributed by atoms with Crippen molar-refractivity contribution in [3.63, 3.8) is 0 Å². The molecule has 1 amide bonds. The number of halogens is 1. The largest absolute Gasteiger partial charge is 0.325 e. The first-order valence-electron chi connectivity index (χ1n) is 8.51. The molecule has 3 rings (SSSR count). The van der Waals surface area contributed by atoms with E-state index in [2.05, 4.69) is 27.6 Å². The molecule has 1 heterocycles. The van der Waals surface area contributed by atoms with E-state index in [0.29, 0.717) is 16.0 Å². The molecule has 0 spiro atoms. The maximum atomic E-state index is 12.4. The van der Waals surface area contributed by atoms with E-state index in [9.17, 15) is 4.79 Å². The second kappa shape index (κ2) is 8.15. The Labute approximate surface area is 168 Å². The van der Waals surface area contributed by atoms with E-state index >= 15 is 0 Å². The van der Waals surface area contributed by atoms with Crippen LogP contribution in [0.3, 0.4) is 0 Å². The minimum Gasteiger partial charge on any atom is -0.325 e. The van der Waals surface area contributed by atoms with Crippen LogP contribution >= 0.6 is 23.4 Å². The smallest absolute Gasteiger partial charge is 0.234 e. The maximum Gasteiger partial charge on any atom is 0.234 e. The average molecular weight is 401 g/mol. The summed E-state index contributed by atoms with van der Waals surface area (Å²) in [6.07, 6.45) is 0. The zero-order chi connectivity index (χ0) is 19.6. The van der Waals surface area contributed by atoms with Crippen molar-refractivity contribution in [1.82, 2.24) is 14.8 Å². The highest BCUT2D eigenvalue weighted by Gasteiger charge is 2.14. The van der Waals surface area contributed by atoms with Crippen molar-refractivity contribution < 1.29 is 4.79 Å². The number of aromatic nitrogens is 3. The van der Waals surface area contributed by atoms with Crippen molar-refractivity contribution in [3.05, 3.63) is 58.1 Å². The summed E-state index contributed by atoms with van der Waals surface area (Å²) >= 11 is 7.41. The Kier molecular flexibility index (Phi) is 5.87. The Bertz CT molecular complexity index is 976. The second-order valence-electron chi connectivity index (χ2n) is 6.49. The van der Waals surface area contributed by atoms with Gasteiger partial charge in [0.25, 0.3) is 0 Å². The number of carbonyl (C=O) groups excluding carboxylic acids is 1. The first-order chi connectivity index (χ1) is 12.8. The molecule has 0 radical (unpaired) electrons. The van der Waals surface area contributed by atoms with Gasteiger partial charge in [-0.05, 0) is 44.0 Å². The number of amides is 1. The molecule has 1 N–H and O–H groups in total. The molecule has 0 atom stereocenters. The summed E-state index contributed by atoms with van der Waals surface area (Å²) in [6, 6.07) is 11.6. The van der Waals surface area contributed by atoms with Crippen molar-refractivity contribution in [2.75, 3.05) is 11.1 Å². The molecule has 0 unspecified atom stereocenters. The van der Waals surface area contributed by atoms with Crippen molar-refractivity contribution in [2.45, 2.75) is 25.9 Å². The number of benzene rings is 2. The lowest BCUT2D eigenvalue weighted by Crippen LogP contribution is -2.16. The van der Waals surface area contributed by atoms with E-state index in [0.717, 1.165) is 22.4 Å². The van der Waals surface area contributed by atoms with Gasteiger partial charge in [0, 0.05) is 23.3 Å². The van der Waals surface area contributed by atoms with E-state index in [1.54, 1.807) is 0 Å². The van der Waals surface area contributed by atoms with Gasteiger partial charge < -0.3 is 9.88 Å². The van der Waals surface area contributed by atoms with Gasteiger partial charge in [-0.25, -0.2) is 0 Å². The minimum atomic E-state index is -0.0673. The number of nitrogens with one attached hydrogen (secondary N) is 1. The third-order valence-electron chi connectivity index (χ3n) is 4.19. The van der Waals surface area contributed by atoms with Gasteiger partial charge in [-0.2, -0.15) is 0 Å². The lowest BCUT2D eigenvalue weighted by atomic mass is 10.1. The summed E-state index contributed by atoms with van der Waals surface area (Å²) in [5.41, 5.74) is 5.08. The maximum absolute atomic E-state index is 12.4. The lowest BCUT2D eigenvalue weighted by Gasteiger charge is -2.12. The molecular formula is C20H21ClN4OS. The summed E-state index contributed by atoms with van der Waals surface area (Å²) in [5.74, 6) is 0.904. The number of hydrogen-bond acceptors (Lipinski definition) is 4. The Balaban J connectivity index is 1.68. The molecule has 140 valence electrons. The first-order valence-corrected chi connectivity index (χ1v) is 9.87. The van der Waals surface area contributed by atoms with Crippen LogP contribution in [0.5, 0.6) is 0 Å². The van der Waals surface area contributed by atoms with Crippen LogP contribution in [-0.2, 0) is 11.8 Å². The van der Waals surface area contributed by atoms with E-state index < -0.39 is 0 Å². The van der Waals surface area contributed by atoms with Crippen LogP contribution in [0.4, 0.5) is 5.69 Å². The fraction of sp³-hybridized carbons (Fsp3) is 0.250. The normalized spacial score (nSPS) is 10.9. The molecular weight excluding hydrogens is 380 g/mol. The zero-order valence-electron chi connectivity index (χ0n) is 15.7. The molecule has 7 heteroatoms. The molecule has 2 aromatic carbocycles. The fourth-order valence-electron chi connectivity index (χ4n) is 3.00. The van der Waals surface area contributed by atoms with E-state index in [1.165, 1.54) is 17.3 Å². The van der Waals surface area contributed by atoms with Gasteiger partial charge >= 0.3 is 0 Å². The van der Waals surface area contributed by atoms with Crippen molar-refractivity contribution in [3.8, 4) is 11.4 Å². The summed E-state index contributed by atoms with van der Waals surface area (Å²) in [6.45, 7) is 6.05. The Morgan fingerprint density at radius 2 is 1.85 bits per heavy atom. The quantitative estimate of drug-likeness (QED) is 0.625. The number of thioether (sulfide) groups is 1. The van der Waals surface area contributed by atoms with Crippen LogP contribution in [-0.4, -0.2) is 26.4 Å². The van der Waals surface area contributed by atoms with Crippen LogP contribution in [0, 0.1) is 20.8 Å². The van der Waals surface area contributed by atoms with Crippen LogP contribution in [0.25, 0.3) is 11.4 Å². The van der Waals surface area contributed by atoms with Gasteiger partial charge in [0.2, 0.25) is 5.91 Å². The highest BCUT2D eigenvalue weighted by atomic mass is 35.5. The molecule has 0 aliphatic heterocycles. The zero-order valence-corrected chi connectivity index (χ0v) is 17.3. The molecule has 1 aromatic heterocycles. The Morgan fingerprint density at radius 1 is 1.15 bits per heavy atom. The Morgan fingerprint density at radius 3 is 2.52 bits per heavy atom. The summed E-state index contributed by atoms with van der Waals surface area (Å²) < 4.78 is 1.87. The van der Waals surface area contributed by atoms with E-state index in [4.69, 9.17) is 11.6 Å². The van der Waals surface area contributed by atoms with E-state index in [-0.39, 0.29) is 11.7 Å². The molecule has 0 saturated carbocycles. The lowest BCUT2D eigenvalue weighted by molar-refractivity contribution is -0.113. The third-order valence-corrected chi connectivity index (χ3v) is 5.45. The second-order valence-corrected chi connectivity index (χ2v) is 7.87. The molecule has 0 aliphatic carbocycles. The predicted molar refractivity (Wildman–Crippen MR) is 111 cm³/mol. The number of anilines is 1. The monoisotopic (exact) mass is 400 g/mol. The number of carbonyl (C=O) groups is 1. The fourth-order valence-corrected chi connectivity index (χ4v) is 3.90. The van der Waals surface area contributed by atoms with Crippen LogP contribution in [0.1, 0.15) is 16.7 Å². The van der Waals surface area contributed by atoms with Crippen molar-refractivity contribution >= 4 is 35.0 Å². The molecule has 3 aromatic rings. The number of nitrogens with zero attached hydrogens (tertiary/aromatic N) is 3. The van der Waals surface area contributed by atoms with Crippen LogP contribution in [0.2, 0.25) is 5.02 Å². The number of rotatable bonds is 5. The number of aryl methyl sites for hydroxylation is 3. The predicted octanol–water partition coefficient (Wildman–Crippen LogP) is 4.79. The standard InChI is InChI=1S/C20H21ClN4OS/c1-12-8-13(2)18(14(3)9-12)22-17(26)11-27-20-24-23-19(25(20)4)15-6-5-7-16(21)10-15/h5-10H,11H2,1-4H3,(H,22,26). The molecule has 5 nitrogen and oxygen atoms in total. The van der Waals surface area contributed by atoms with Crippen LogP contribution in [0.15, 0.2) is 41.6 Å². The van der Waals surface area contributed by atoms with Crippen LogP contribution < -0.4 is 5.32 Å². The highest BCUT2D eigenvalue weighted by Crippen LogP contribution is 2.26. The minimum absolute atomic E-state index is 0.0673. The molecule has 0 saturated heterocycles.